The highest BCUT2D eigenvalue weighted by molar-refractivity contribution is 5.93. The SMILES string of the molecule is CCCCOc1cccc(NCC(=O)Nc2ccc(F)cc2)c1. The number of carbonyl (C=O) groups is 1. The van der Waals surface area contributed by atoms with Crippen molar-refractivity contribution in [2.45, 2.75) is 19.8 Å². The largest absolute Gasteiger partial charge is 0.494 e. The van der Waals surface area contributed by atoms with Crippen molar-refractivity contribution < 1.29 is 13.9 Å². The molecule has 0 saturated heterocycles. The van der Waals surface area contributed by atoms with Crippen LogP contribution in [0.2, 0.25) is 0 Å². The number of amides is 1. The number of ether oxygens (including phenoxy) is 1. The fourth-order valence-corrected chi connectivity index (χ4v) is 1.95. The molecule has 0 heterocycles. The first kappa shape index (κ1) is 16.8. The minimum absolute atomic E-state index is 0.121. The average Bonchev–Trinajstić information content (AvgIpc) is 2.56. The van der Waals surface area contributed by atoms with Gasteiger partial charge in [0.05, 0.1) is 13.2 Å². The maximum absolute atomic E-state index is 12.8. The van der Waals surface area contributed by atoms with Crippen LogP contribution in [0.25, 0.3) is 0 Å². The molecular formula is C18H21FN2O2. The first-order chi connectivity index (χ1) is 11.2. The summed E-state index contributed by atoms with van der Waals surface area (Å²) in [5.74, 6) is 0.248. The zero-order valence-corrected chi connectivity index (χ0v) is 13.1. The molecule has 2 rings (SSSR count). The molecule has 0 saturated carbocycles. The highest BCUT2D eigenvalue weighted by Gasteiger charge is 2.03. The minimum atomic E-state index is -0.332. The normalized spacial score (nSPS) is 10.2. The number of nitrogens with one attached hydrogen (secondary N) is 2. The standard InChI is InChI=1S/C18H21FN2O2/c1-2-3-11-23-17-6-4-5-16(12-17)20-13-18(22)21-15-9-7-14(19)8-10-15/h4-10,12,20H,2-3,11,13H2,1H3,(H,21,22). The maximum atomic E-state index is 12.8. The molecule has 2 aromatic carbocycles. The molecular weight excluding hydrogens is 295 g/mol. The van der Waals surface area contributed by atoms with Crippen LogP contribution in [0.5, 0.6) is 5.75 Å². The van der Waals surface area contributed by atoms with Crippen molar-refractivity contribution in [2.75, 3.05) is 23.8 Å². The van der Waals surface area contributed by atoms with Crippen molar-refractivity contribution in [3.05, 3.63) is 54.3 Å². The van der Waals surface area contributed by atoms with Gasteiger partial charge in [0.2, 0.25) is 5.91 Å². The van der Waals surface area contributed by atoms with Gasteiger partial charge in [0.25, 0.3) is 0 Å². The van der Waals surface area contributed by atoms with E-state index in [1.807, 2.05) is 24.3 Å². The van der Waals surface area contributed by atoms with Crippen molar-refractivity contribution in [3.8, 4) is 5.75 Å². The van der Waals surface area contributed by atoms with E-state index in [2.05, 4.69) is 17.6 Å². The topological polar surface area (TPSA) is 50.4 Å². The van der Waals surface area contributed by atoms with Gasteiger partial charge in [-0.3, -0.25) is 4.79 Å². The second kappa shape index (κ2) is 8.78. The second-order valence-corrected chi connectivity index (χ2v) is 5.14. The molecule has 0 aliphatic heterocycles. The van der Waals surface area contributed by atoms with Gasteiger partial charge in [0.15, 0.2) is 0 Å². The molecule has 0 aliphatic carbocycles. The van der Waals surface area contributed by atoms with Gasteiger partial charge >= 0.3 is 0 Å². The molecule has 2 aromatic rings. The predicted octanol–water partition coefficient (Wildman–Crippen LogP) is 4.06. The Morgan fingerprint density at radius 2 is 1.91 bits per heavy atom. The molecule has 4 nitrogen and oxygen atoms in total. The van der Waals surface area contributed by atoms with Crippen molar-refractivity contribution in [1.29, 1.82) is 0 Å². The van der Waals surface area contributed by atoms with Crippen LogP contribution in [-0.4, -0.2) is 19.1 Å². The van der Waals surface area contributed by atoms with Crippen LogP contribution in [0.4, 0.5) is 15.8 Å². The molecule has 122 valence electrons. The van der Waals surface area contributed by atoms with E-state index in [1.54, 1.807) is 0 Å². The van der Waals surface area contributed by atoms with Gasteiger partial charge in [-0.05, 0) is 42.8 Å². The van der Waals surface area contributed by atoms with Gasteiger partial charge < -0.3 is 15.4 Å². The summed E-state index contributed by atoms with van der Waals surface area (Å²) >= 11 is 0. The molecule has 0 atom stereocenters. The zero-order valence-electron chi connectivity index (χ0n) is 13.1. The van der Waals surface area contributed by atoms with Crippen molar-refractivity contribution in [3.63, 3.8) is 0 Å². The fraction of sp³-hybridized carbons (Fsp3) is 0.278. The lowest BCUT2D eigenvalue weighted by Crippen LogP contribution is -2.21. The number of rotatable bonds is 8. The number of unbranched alkanes of at least 4 members (excludes halogenated alkanes) is 1. The van der Waals surface area contributed by atoms with Gasteiger partial charge in [-0.25, -0.2) is 4.39 Å². The third-order valence-electron chi connectivity index (χ3n) is 3.18. The van der Waals surface area contributed by atoms with Crippen molar-refractivity contribution >= 4 is 17.3 Å². The zero-order chi connectivity index (χ0) is 16.5. The molecule has 0 bridgehead atoms. The maximum Gasteiger partial charge on any atom is 0.243 e. The summed E-state index contributed by atoms with van der Waals surface area (Å²) in [6.45, 7) is 2.92. The minimum Gasteiger partial charge on any atom is -0.494 e. The van der Waals surface area contributed by atoms with E-state index >= 15 is 0 Å². The van der Waals surface area contributed by atoms with Gasteiger partial charge in [-0.2, -0.15) is 0 Å². The summed E-state index contributed by atoms with van der Waals surface area (Å²) in [6.07, 6.45) is 2.10. The Labute approximate surface area is 135 Å². The van der Waals surface area contributed by atoms with Crippen molar-refractivity contribution in [1.82, 2.24) is 0 Å². The number of carbonyl (C=O) groups excluding carboxylic acids is 1. The molecule has 0 radical (unpaired) electrons. The Kier molecular flexibility index (Phi) is 6.41. The third-order valence-corrected chi connectivity index (χ3v) is 3.18. The molecule has 0 unspecified atom stereocenters. The molecule has 1 amide bonds. The van der Waals surface area contributed by atoms with Gasteiger partial charge in [-0.1, -0.05) is 19.4 Å². The Morgan fingerprint density at radius 1 is 1.13 bits per heavy atom. The summed E-state index contributed by atoms with van der Waals surface area (Å²) in [5, 5.41) is 5.74. The Balaban J connectivity index is 1.81. The number of halogens is 1. The molecule has 5 heteroatoms. The van der Waals surface area contributed by atoms with E-state index in [-0.39, 0.29) is 18.3 Å². The molecule has 0 fully saturated rings. The van der Waals surface area contributed by atoms with E-state index in [4.69, 9.17) is 4.74 Å². The van der Waals surface area contributed by atoms with E-state index in [0.717, 1.165) is 24.3 Å². The highest BCUT2D eigenvalue weighted by Crippen LogP contribution is 2.17. The van der Waals surface area contributed by atoms with E-state index in [1.165, 1.54) is 24.3 Å². The van der Waals surface area contributed by atoms with Gasteiger partial charge in [0.1, 0.15) is 11.6 Å². The van der Waals surface area contributed by atoms with Crippen LogP contribution in [0.15, 0.2) is 48.5 Å². The smallest absolute Gasteiger partial charge is 0.243 e. The van der Waals surface area contributed by atoms with E-state index < -0.39 is 0 Å². The molecule has 0 aromatic heterocycles. The van der Waals surface area contributed by atoms with Crippen LogP contribution in [0.1, 0.15) is 19.8 Å². The van der Waals surface area contributed by atoms with Crippen LogP contribution in [0.3, 0.4) is 0 Å². The number of hydrogen-bond donors (Lipinski definition) is 2. The summed E-state index contributed by atoms with van der Waals surface area (Å²) < 4.78 is 18.4. The molecule has 0 aliphatic rings. The lowest BCUT2D eigenvalue weighted by atomic mass is 10.3. The highest BCUT2D eigenvalue weighted by atomic mass is 19.1. The summed E-state index contributed by atoms with van der Waals surface area (Å²) in [4.78, 5) is 11.9. The van der Waals surface area contributed by atoms with Crippen LogP contribution >= 0.6 is 0 Å². The van der Waals surface area contributed by atoms with Crippen LogP contribution in [0, 0.1) is 5.82 Å². The van der Waals surface area contributed by atoms with Gasteiger partial charge in [-0.15, -0.1) is 0 Å². The molecule has 2 N–H and O–H groups in total. The lowest BCUT2D eigenvalue weighted by molar-refractivity contribution is -0.114. The first-order valence-electron chi connectivity index (χ1n) is 7.69. The quantitative estimate of drug-likeness (QED) is 0.722. The average molecular weight is 316 g/mol. The molecule has 23 heavy (non-hydrogen) atoms. The Morgan fingerprint density at radius 3 is 2.65 bits per heavy atom. The van der Waals surface area contributed by atoms with Crippen LogP contribution in [-0.2, 0) is 4.79 Å². The number of anilines is 2. The second-order valence-electron chi connectivity index (χ2n) is 5.14. The first-order valence-corrected chi connectivity index (χ1v) is 7.69. The monoisotopic (exact) mass is 316 g/mol. The Bertz CT molecular complexity index is 629. The Hall–Kier alpha value is -2.56. The third kappa shape index (κ3) is 5.98. The fourth-order valence-electron chi connectivity index (χ4n) is 1.95. The summed E-state index contributed by atoms with van der Waals surface area (Å²) in [5.41, 5.74) is 1.38. The summed E-state index contributed by atoms with van der Waals surface area (Å²) in [7, 11) is 0. The van der Waals surface area contributed by atoms with Crippen molar-refractivity contribution in [2.24, 2.45) is 0 Å². The summed E-state index contributed by atoms with van der Waals surface area (Å²) in [6, 6.07) is 13.2. The predicted molar refractivity (Wildman–Crippen MR) is 90.4 cm³/mol. The van der Waals surface area contributed by atoms with Crippen LogP contribution < -0.4 is 15.4 Å². The van der Waals surface area contributed by atoms with Gasteiger partial charge in [0, 0.05) is 17.4 Å². The lowest BCUT2D eigenvalue weighted by Gasteiger charge is -2.10. The van der Waals surface area contributed by atoms with E-state index in [0.29, 0.717) is 12.3 Å². The van der Waals surface area contributed by atoms with E-state index in [9.17, 15) is 9.18 Å². The number of benzene rings is 2. The molecule has 0 spiro atoms. The number of hydrogen-bond acceptors (Lipinski definition) is 3.